The fourth-order valence-corrected chi connectivity index (χ4v) is 5.66. The molecule has 0 saturated carbocycles. The summed E-state index contributed by atoms with van der Waals surface area (Å²) in [5, 5.41) is 5.66. The number of esters is 1. The van der Waals surface area contributed by atoms with Gasteiger partial charge in [-0.05, 0) is 73.3 Å². The molecule has 1 unspecified atom stereocenters. The third-order valence-electron chi connectivity index (χ3n) is 8.07. The van der Waals surface area contributed by atoms with Crippen LogP contribution >= 0.6 is 0 Å². The van der Waals surface area contributed by atoms with Crippen molar-refractivity contribution in [3.63, 3.8) is 0 Å². The molecule has 10 heteroatoms. The molecule has 0 radical (unpaired) electrons. The summed E-state index contributed by atoms with van der Waals surface area (Å²) in [5.74, 6) is -0.961. The van der Waals surface area contributed by atoms with Gasteiger partial charge in [-0.1, -0.05) is 42.8 Å². The van der Waals surface area contributed by atoms with Crippen LogP contribution in [0.2, 0.25) is 0 Å². The molecule has 0 spiro atoms. The number of rotatable bonds is 13. The molecule has 1 fully saturated rings. The van der Waals surface area contributed by atoms with Crippen molar-refractivity contribution in [3.8, 4) is 5.75 Å². The highest BCUT2D eigenvalue weighted by Gasteiger charge is 2.72. The van der Waals surface area contributed by atoms with Crippen molar-refractivity contribution in [2.24, 2.45) is 5.73 Å². The topological polar surface area (TPSA) is 158 Å². The first-order valence-electron chi connectivity index (χ1n) is 14.4. The van der Waals surface area contributed by atoms with Crippen LogP contribution in [0.5, 0.6) is 5.75 Å². The molecule has 1 saturated heterocycles. The molecular formula is C33H34N4O6. The summed E-state index contributed by atoms with van der Waals surface area (Å²) < 4.78 is 5.59. The van der Waals surface area contributed by atoms with Gasteiger partial charge in [-0.3, -0.25) is 19.8 Å². The average molecular weight is 583 g/mol. The Morgan fingerprint density at radius 1 is 0.953 bits per heavy atom. The van der Waals surface area contributed by atoms with E-state index in [-0.39, 0.29) is 31.2 Å². The predicted octanol–water partition coefficient (Wildman–Crippen LogP) is 2.78. The number of aryl methyl sites for hydroxylation is 1. The number of aldehydes is 2. The summed E-state index contributed by atoms with van der Waals surface area (Å²) in [4.78, 5) is 64.5. The molecule has 4 N–H and O–H groups in total. The van der Waals surface area contributed by atoms with Gasteiger partial charge in [0.25, 0.3) is 11.8 Å². The summed E-state index contributed by atoms with van der Waals surface area (Å²) in [5.41, 5.74) is 5.91. The number of nitrogens with zero attached hydrogens (tertiary/aromatic N) is 1. The monoisotopic (exact) mass is 582 g/mol. The summed E-state index contributed by atoms with van der Waals surface area (Å²) in [6.07, 6.45) is 4.78. The van der Waals surface area contributed by atoms with Crippen LogP contribution in [0.4, 0.5) is 11.4 Å². The second-order valence-corrected chi connectivity index (χ2v) is 10.9. The van der Waals surface area contributed by atoms with Gasteiger partial charge in [0.2, 0.25) is 0 Å². The lowest BCUT2D eigenvalue weighted by Gasteiger charge is -2.23. The van der Waals surface area contributed by atoms with Crippen LogP contribution in [0.3, 0.4) is 0 Å². The Hall–Kier alpha value is -4.67. The Balaban J connectivity index is 1.40. The van der Waals surface area contributed by atoms with E-state index in [4.69, 9.17) is 10.5 Å². The summed E-state index contributed by atoms with van der Waals surface area (Å²) in [6.45, 7) is 0.488. The Kier molecular flexibility index (Phi) is 8.79. The van der Waals surface area contributed by atoms with E-state index < -0.39 is 17.0 Å². The fourth-order valence-electron chi connectivity index (χ4n) is 5.66. The molecule has 3 aromatic carbocycles. The molecular weight excluding hydrogens is 548 g/mol. The number of para-hydroxylation sites is 1. The van der Waals surface area contributed by atoms with Crippen molar-refractivity contribution < 1.29 is 28.7 Å². The first kappa shape index (κ1) is 29.8. The minimum absolute atomic E-state index is 0.0730. The van der Waals surface area contributed by atoms with E-state index in [1.807, 2.05) is 12.1 Å². The van der Waals surface area contributed by atoms with Crippen molar-refractivity contribution in [1.29, 1.82) is 0 Å². The van der Waals surface area contributed by atoms with Crippen molar-refractivity contribution >= 4 is 41.7 Å². The normalized spacial score (nSPS) is 20.9. The maximum atomic E-state index is 13.4. The van der Waals surface area contributed by atoms with Gasteiger partial charge in [-0.25, -0.2) is 4.79 Å². The van der Waals surface area contributed by atoms with Gasteiger partial charge in [0.05, 0.1) is 17.8 Å². The summed E-state index contributed by atoms with van der Waals surface area (Å²) in [7, 11) is 0. The van der Waals surface area contributed by atoms with E-state index in [9.17, 15) is 24.0 Å². The van der Waals surface area contributed by atoms with Gasteiger partial charge in [-0.15, -0.1) is 0 Å². The number of carbonyl (C=O) groups excluding carboxylic acids is 5. The molecule has 2 heterocycles. The molecule has 0 bridgehead atoms. The van der Waals surface area contributed by atoms with Crippen molar-refractivity contribution in [2.45, 2.75) is 49.6 Å². The van der Waals surface area contributed by atoms with E-state index in [0.717, 1.165) is 31.2 Å². The second kappa shape index (κ2) is 12.7. The molecule has 222 valence electrons. The summed E-state index contributed by atoms with van der Waals surface area (Å²) >= 11 is 0. The Bertz CT molecular complexity index is 1530. The zero-order valence-electron chi connectivity index (χ0n) is 23.7. The lowest BCUT2D eigenvalue weighted by molar-refractivity contribution is -0.138. The number of fused-ring (bicyclic) bond motifs is 1. The molecule has 10 nitrogen and oxygen atoms in total. The molecule has 2 atom stereocenters. The maximum Gasteiger partial charge on any atom is 0.334 e. The van der Waals surface area contributed by atoms with Crippen LogP contribution in [0.1, 0.15) is 47.2 Å². The van der Waals surface area contributed by atoms with Crippen LogP contribution in [0.15, 0.2) is 72.8 Å². The second-order valence-electron chi connectivity index (χ2n) is 10.9. The Morgan fingerprint density at radius 2 is 1.70 bits per heavy atom. The van der Waals surface area contributed by atoms with E-state index in [1.54, 1.807) is 60.7 Å². The van der Waals surface area contributed by atoms with E-state index in [1.165, 1.54) is 4.90 Å². The number of hydrogen-bond acceptors (Lipinski definition) is 8. The fraction of sp³-hybridized carbons (Fsp3) is 0.303. The van der Waals surface area contributed by atoms with Crippen LogP contribution in [-0.2, 0) is 32.0 Å². The number of nitrogens with two attached hydrogens (primary N) is 1. The van der Waals surface area contributed by atoms with Gasteiger partial charge < -0.3 is 25.4 Å². The predicted molar refractivity (Wildman–Crippen MR) is 160 cm³/mol. The molecule has 2 amide bonds. The van der Waals surface area contributed by atoms with E-state index in [0.29, 0.717) is 47.4 Å². The van der Waals surface area contributed by atoms with Gasteiger partial charge in [-0.2, -0.15) is 0 Å². The van der Waals surface area contributed by atoms with Crippen molar-refractivity contribution in [3.05, 3.63) is 89.5 Å². The number of benzene rings is 3. The Labute approximate surface area is 249 Å². The van der Waals surface area contributed by atoms with Crippen LogP contribution in [-0.4, -0.2) is 54.5 Å². The minimum atomic E-state index is -1.44. The van der Waals surface area contributed by atoms with Gasteiger partial charge in [0, 0.05) is 18.5 Å². The van der Waals surface area contributed by atoms with Crippen molar-refractivity contribution in [2.75, 3.05) is 18.0 Å². The molecule has 3 aromatic rings. The van der Waals surface area contributed by atoms with Crippen LogP contribution < -0.4 is 26.0 Å². The van der Waals surface area contributed by atoms with Crippen molar-refractivity contribution in [1.82, 2.24) is 10.6 Å². The molecule has 2 aliphatic heterocycles. The SMILES string of the molecule is NCCCCCc1ccc2c(c1)C(=O)NCC(=O)N2c1ccc(C[C@@]2(C(=O)Oc3ccccc3)NC2(C=O)CC=O)cc1. The van der Waals surface area contributed by atoms with Gasteiger partial charge in [0.1, 0.15) is 29.4 Å². The van der Waals surface area contributed by atoms with Crippen LogP contribution in [0.25, 0.3) is 0 Å². The molecule has 0 aromatic heterocycles. The number of amides is 2. The highest BCUT2D eigenvalue weighted by atomic mass is 16.5. The molecule has 2 aliphatic rings. The molecule has 5 rings (SSSR count). The standard InChI is InChI=1S/C33H34N4O6/c34-17-6-2-3-7-23-12-15-28-27(19-23)30(41)35-21-29(40)37(28)25-13-10-24(11-14-25)20-33(32(22-39,36-33)16-18-38)31(42)43-26-8-4-1-5-9-26/h1,4-5,8-15,18-19,22,36H,2-3,6-7,16-17,20-21,34H2,(H,35,41)/t32?,33-/m0/s1. The lowest BCUT2D eigenvalue weighted by Crippen LogP contribution is -2.41. The van der Waals surface area contributed by atoms with E-state index >= 15 is 0 Å². The van der Waals surface area contributed by atoms with Gasteiger partial charge in [0.15, 0.2) is 0 Å². The highest BCUT2D eigenvalue weighted by Crippen LogP contribution is 2.44. The minimum Gasteiger partial charge on any atom is -0.425 e. The lowest BCUT2D eigenvalue weighted by atomic mass is 9.85. The number of hydrogen-bond donors (Lipinski definition) is 3. The summed E-state index contributed by atoms with van der Waals surface area (Å²) in [6, 6.07) is 21.0. The zero-order chi connectivity index (χ0) is 30.5. The maximum absolute atomic E-state index is 13.4. The number of anilines is 2. The highest BCUT2D eigenvalue weighted by molar-refractivity contribution is 6.13. The number of ether oxygens (including phenoxy) is 1. The third kappa shape index (κ3) is 5.97. The quantitative estimate of drug-likeness (QED) is 0.0913. The average Bonchev–Trinajstić information content (AvgIpc) is 3.70. The number of nitrogens with one attached hydrogen (secondary N) is 2. The van der Waals surface area contributed by atoms with Crippen LogP contribution in [0, 0.1) is 0 Å². The molecule has 0 aliphatic carbocycles. The Morgan fingerprint density at radius 3 is 2.40 bits per heavy atom. The van der Waals surface area contributed by atoms with Gasteiger partial charge >= 0.3 is 5.97 Å². The first-order chi connectivity index (χ1) is 20.9. The number of carbonyl (C=O) groups is 5. The largest absolute Gasteiger partial charge is 0.425 e. The number of unbranched alkanes of at least 4 members (excludes halogenated alkanes) is 2. The third-order valence-corrected chi connectivity index (χ3v) is 8.07. The molecule has 43 heavy (non-hydrogen) atoms. The van der Waals surface area contributed by atoms with E-state index in [2.05, 4.69) is 10.6 Å². The first-order valence-corrected chi connectivity index (χ1v) is 14.4. The smallest absolute Gasteiger partial charge is 0.334 e. The zero-order valence-corrected chi connectivity index (χ0v) is 23.7.